The second-order valence-corrected chi connectivity index (χ2v) is 4.36. The molecule has 0 saturated heterocycles. The Balaban J connectivity index is 2.94. The van der Waals surface area contributed by atoms with Gasteiger partial charge in [0.25, 0.3) is 5.91 Å². The number of carbonyl (C=O) groups is 1. The summed E-state index contributed by atoms with van der Waals surface area (Å²) >= 11 is 11.5. The number of nitrogens with zero attached hydrogens (tertiary/aromatic N) is 1. The van der Waals surface area contributed by atoms with Gasteiger partial charge in [0.1, 0.15) is 5.82 Å². The molecule has 0 bridgehead atoms. The van der Waals surface area contributed by atoms with Crippen LogP contribution in [0, 0.1) is 5.82 Å². The van der Waals surface area contributed by atoms with Gasteiger partial charge in [0.15, 0.2) is 0 Å². The molecule has 0 fully saturated rings. The average molecular weight is 294 g/mol. The molecule has 100 valence electrons. The lowest BCUT2D eigenvalue weighted by atomic mass is 10.2. The van der Waals surface area contributed by atoms with E-state index in [1.807, 2.05) is 0 Å². The predicted molar refractivity (Wildman–Crippen MR) is 69.9 cm³/mol. The zero-order chi connectivity index (χ0) is 13.5. The Morgan fingerprint density at radius 3 is 2.72 bits per heavy atom. The number of hydrogen-bond acceptors (Lipinski definition) is 2. The van der Waals surface area contributed by atoms with E-state index in [0.717, 1.165) is 0 Å². The van der Waals surface area contributed by atoms with Gasteiger partial charge in [-0.2, -0.15) is 0 Å². The number of rotatable bonds is 6. The fourth-order valence-electron chi connectivity index (χ4n) is 1.48. The van der Waals surface area contributed by atoms with Crippen LogP contribution in [0.3, 0.4) is 0 Å². The monoisotopic (exact) mass is 293 g/mol. The van der Waals surface area contributed by atoms with Crippen molar-refractivity contribution in [2.45, 2.75) is 0 Å². The number of amides is 1. The Morgan fingerprint density at radius 1 is 1.44 bits per heavy atom. The van der Waals surface area contributed by atoms with Gasteiger partial charge in [0.05, 0.1) is 17.2 Å². The number of ether oxygens (including phenoxy) is 1. The third kappa shape index (κ3) is 3.83. The van der Waals surface area contributed by atoms with Crippen LogP contribution in [0.25, 0.3) is 0 Å². The van der Waals surface area contributed by atoms with Gasteiger partial charge in [-0.25, -0.2) is 4.39 Å². The second kappa shape index (κ2) is 7.56. The number of halogens is 3. The molecule has 0 heterocycles. The number of hydrogen-bond donors (Lipinski definition) is 0. The van der Waals surface area contributed by atoms with Crippen LogP contribution in [0.1, 0.15) is 10.4 Å². The second-order valence-electron chi connectivity index (χ2n) is 3.57. The molecule has 0 spiro atoms. The minimum absolute atomic E-state index is 0.0944. The average Bonchev–Trinajstić information content (AvgIpc) is 2.34. The van der Waals surface area contributed by atoms with Crippen molar-refractivity contribution in [3.8, 4) is 0 Å². The Morgan fingerprint density at radius 2 is 2.17 bits per heavy atom. The summed E-state index contributed by atoms with van der Waals surface area (Å²) in [5.41, 5.74) is -0.125. The maximum atomic E-state index is 13.6. The highest BCUT2D eigenvalue weighted by atomic mass is 35.5. The first kappa shape index (κ1) is 15.2. The van der Waals surface area contributed by atoms with E-state index in [-0.39, 0.29) is 16.5 Å². The van der Waals surface area contributed by atoms with Gasteiger partial charge >= 0.3 is 0 Å². The predicted octanol–water partition coefficient (Wildman–Crippen LogP) is 2.81. The topological polar surface area (TPSA) is 29.5 Å². The summed E-state index contributed by atoms with van der Waals surface area (Å²) in [7, 11) is 1.53. The van der Waals surface area contributed by atoms with E-state index in [1.54, 1.807) is 0 Å². The van der Waals surface area contributed by atoms with Crippen LogP contribution < -0.4 is 0 Å². The Bertz CT molecular complexity index is 395. The van der Waals surface area contributed by atoms with Crippen molar-refractivity contribution < 1.29 is 13.9 Å². The van der Waals surface area contributed by atoms with Crippen molar-refractivity contribution >= 4 is 29.1 Å². The van der Waals surface area contributed by atoms with Crippen molar-refractivity contribution in [2.75, 3.05) is 32.7 Å². The number of carbonyl (C=O) groups excluding carboxylic acids is 1. The van der Waals surface area contributed by atoms with E-state index in [0.29, 0.717) is 19.7 Å². The van der Waals surface area contributed by atoms with Gasteiger partial charge in [-0.15, -0.1) is 11.6 Å². The molecule has 0 aliphatic carbocycles. The molecular formula is C12H14Cl2FNO2. The summed E-state index contributed by atoms with van der Waals surface area (Å²) < 4.78 is 18.5. The molecule has 0 aromatic heterocycles. The lowest BCUT2D eigenvalue weighted by molar-refractivity contribution is 0.0703. The minimum Gasteiger partial charge on any atom is -0.383 e. The first-order valence-corrected chi connectivity index (χ1v) is 6.31. The fourth-order valence-corrected chi connectivity index (χ4v) is 1.93. The molecule has 1 amide bonds. The zero-order valence-electron chi connectivity index (χ0n) is 9.96. The number of methoxy groups -OCH3 is 1. The lowest BCUT2D eigenvalue weighted by Gasteiger charge is -2.22. The zero-order valence-corrected chi connectivity index (χ0v) is 11.5. The molecule has 1 aromatic carbocycles. The Kier molecular flexibility index (Phi) is 6.39. The third-order valence-corrected chi connectivity index (χ3v) is 2.87. The molecule has 0 saturated carbocycles. The van der Waals surface area contributed by atoms with Crippen LogP contribution in [0.4, 0.5) is 4.39 Å². The smallest absolute Gasteiger partial charge is 0.258 e. The summed E-state index contributed by atoms with van der Waals surface area (Å²) in [5.74, 6) is -0.845. The van der Waals surface area contributed by atoms with Crippen molar-refractivity contribution in [2.24, 2.45) is 0 Å². The molecule has 3 nitrogen and oxygen atoms in total. The van der Waals surface area contributed by atoms with Crippen LogP contribution in [-0.4, -0.2) is 43.5 Å². The lowest BCUT2D eigenvalue weighted by Crippen LogP contribution is -2.36. The number of alkyl halides is 1. The van der Waals surface area contributed by atoms with Gasteiger partial charge in [-0.05, 0) is 12.1 Å². The molecule has 0 aliphatic heterocycles. The van der Waals surface area contributed by atoms with Gasteiger partial charge in [0.2, 0.25) is 0 Å². The minimum atomic E-state index is -0.635. The van der Waals surface area contributed by atoms with Crippen LogP contribution >= 0.6 is 23.2 Å². The summed E-state index contributed by atoms with van der Waals surface area (Å²) in [4.78, 5) is 13.6. The SMILES string of the molecule is COCCN(CCCl)C(=O)c1c(F)cccc1Cl. The molecule has 0 radical (unpaired) electrons. The van der Waals surface area contributed by atoms with E-state index in [2.05, 4.69) is 0 Å². The van der Waals surface area contributed by atoms with E-state index in [4.69, 9.17) is 27.9 Å². The maximum absolute atomic E-state index is 13.6. The van der Waals surface area contributed by atoms with Crippen molar-refractivity contribution in [3.05, 3.63) is 34.6 Å². The van der Waals surface area contributed by atoms with Crippen molar-refractivity contribution in [3.63, 3.8) is 0 Å². The Hall–Kier alpha value is -0.840. The van der Waals surface area contributed by atoms with Crippen LogP contribution in [0.15, 0.2) is 18.2 Å². The molecule has 0 aliphatic rings. The molecule has 0 N–H and O–H groups in total. The largest absolute Gasteiger partial charge is 0.383 e. The maximum Gasteiger partial charge on any atom is 0.258 e. The fraction of sp³-hybridized carbons (Fsp3) is 0.417. The molecule has 0 unspecified atom stereocenters. The van der Waals surface area contributed by atoms with E-state index in [1.165, 1.54) is 30.2 Å². The first-order valence-electron chi connectivity index (χ1n) is 5.40. The van der Waals surface area contributed by atoms with Crippen LogP contribution in [0.5, 0.6) is 0 Å². The normalized spacial score (nSPS) is 10.4. The highest BCUT2D eigenvalue weighted by molar-refractivity contribution is 6.33. The van der Waals surface area contributed by atoms with Crippen LogP contribution in [-0.2, 0) is 4.74 Å². The summed E-state index contributed by atoms with van der Waals surface area (Å²) in [6.07, 6.45) is 0. The molecule has 1 rings (SSSR count). The van der Waals surface area contributed by atoms with Crippen molar-refractivity contribution in [1.29, 1.82) is 0 Å². The van der Waals surface area contributed by atoms with Gasteiger partial charge in [-0.3, -0.25) is 4.79 Å². The summed E-state index contributed by atoms with van der Waals surface area (Å²) in [6.45, 7) is 1.01. The molecule has 18 heavy (non-hydrogen) atoms. The van der Waals surface area contributed by atoms with Gasteiger partial charge in [-0.1, -0.05) is 17.7 Å². The molecular weight excluding hydrogens is 280 g/mol. The number of benzene rings is 1. The molecule has 6 heteroatoms. The summed E-state index contributed by atoms with van der Waals surface area (Å²) in [5, 5.41) is 0.0944. The van der Waals surface area contributed by atoms with E-state index in [9.17, 15) is 9.18 Å². The summed E-state index contributed by atoms with van der Waals surface area (Å²) in [6, 6.07) is 4.14. The van der Waals surface area contributed by atoms with E-state index < -0.39 is 11.7 Å². The highest BCUT2D eigenvalue weighted by Crippen LogP contribution is 2.20. The first-order chi connectivity index (χ1) is 8.61. The van der Waals surface area contributed by atoms with Gasteiger partial charge < -0.3 is 9.64 Å². The molecule has 0 atom stereocenters. The molecule has 1 aromatic rings. The van der Waals surface area contributed by atoms with E-state index >= 15 is 0 Å². The quantitative estimate of drug-likeness (QED) is 0.755. The Labute approximate surface area is 115 Å². The third-order valence-electron chi connectivity index (χ3n) is 2.38. The highest BCUT2D eigenvalue weighted by Gasteiger charge is 2.21. The van der Waals surface area contributed by atoms with Gasteiger partial charge in [0, 0.05) is 26.1 Å². The van der Waals surface area contributed by atoms with Crippen molar-refractivity contribution in [1.82, 2.24) is 4.90 Å². The van der Waals surface area contributed by atoms with Crippen LogP contribution in [0.2, 0.25) is 5.02 Å². The standard InChI is InChI=1S/C12H14Cl2FNO2/c1-18-8-7-16(6-5-13)12(17)11-9(14)3-2-4-10(11)15/h2-4H,5-8H2,1H3.